The van der Waals surface area contributed by atoms with Crippen LogP contribution in [0.25, 0.3) is 0 Å². The number of amides is 1. The molecule has 1 rings (SSSR count). The third kappa shape index (κ3) is 3.32. The Labute approximate surface area is 105 Å². The van der Waals surface area contributed by atoms with E-state index in [0.717, 1.165) is 0 Å². The van der Waals surface area contributed by atoms with Crippen molar-refractivity contribution in [3.63, 3.8) is 0 Å². The van der Waals surface area contributed by atoms with Crippen LogP contribution in [0.2, 0.25) is 0 Å². The summed E-state index contributed by atoms with van der Waals surface area (Å²) >= 11 is 4.71. The van der Waals surface area contributed by atoms with Gasteiger partial charge in [0.05, 0.1) is 24.2 Å². The molecule has 0 spiro atoms. The van der Waals surface area contributed by atoms with E-state index in [0.29, 0.717) is 5.75 Å². The quantitative estimate of drug-likeness (QED) is 0.776. The van der Waals surface area contributed by atoms with Gasteiger partial charge in [0.1, 0.15) is 11.5 Å². The van der Waals surface area contributed by atoms with E-state index in [4.69, 9.17) is 22.7 Å². The summed E-state index contributed by atoms with van der Waals surface area (Å²) in [7, 11) is 3.04. The standard InChI is InChI=1S/C11H14N2O3S/c1-13(6-10(12)17)11(15)8-4-3-7(16-2)5-9(8)14/h3-5,14H,6H2,1-2H3,(H2,12,17). The van der Waals surface area contributed by atoms with Gasteiger partial charge in [-0.3, -0.25) is 4.79 Å². The van der Waals surface area contributed by atoms with Gasteiger partial charge in [0, 0.05) is 13.1 Å². The zero-order valence-electron chi connectivity index (χ0n) is 9.64. The number of likely N-dealkylation sites (N-methyl/N-ethyl adjacent to an activating group) is 1. The van der Waals surface area contributed by atoms with Crippen molar-refractivity contribution in [3.8, 4) is 11.5 Å². The van der Waals surface area contributed by atoms with Crippen LogP contribution in [-0.4, -0.2) is 41.6 Å². The molecule has 0 heterocycles. The highest BCUT2D eigenvalue weighted by atomic mass is 32.1. The van der Waals surface area contributed by atoms with E-state index < -0.39 is 0 Å². The van der Waals surface area contributed by atoms with Gasteiger partial charge in [-0.2, -0.15) is 0 Å². The molecule has 0 aliphatic heterocycles. The predicted octanol–water partition coefficient (Wildman–Crippen LogP) is 0.759. The molecule has 0 aliphatic carbocycles. The van der Waals surface area contributed by atoms with Crippen LogP contribution in [0, 0.1) is 0 Å². The molecule has 6 heteroatoms. The zero-order chi connectivity index (χ0) is 13.0. The van der Waals surface area contributed by atoms with E-state index in [1.807, 2.05) is 0 Å². The summed E-state index contributed by atoms with van der Waals surface area (Å²) in [5.74, 6) is -0.00172. The average Bonchev–Trinajstić information content (AvgIpc) is 2.27. The van der Waals surface area contributed by atoms with Crippen LogP contribution < -0.4 is 10.5 Å². The van der Waals surface area contributed by atoms with Gasteiger partial charge < -0.3 is 20.5 Å². The molecule has 0 saturated heterocycles. The first-order chi connectivity index (χ1) is 7.95. The number of ether oxygens (including phenoxy) is 1. The minimum Gasteiger partial charge on any atom is -0.507 e. The van der Waals surface area contributed by atoms with Crippen LogP contribution in [0.5, 0.6) is 11.5 Å². The van der Waals surface area contributed by atoms with Gasteiger partial charge >= 0.3 is 0 Å². The van der Waals surface area contributed by atoms with E-state index in [-0.39, 0.29) is 28.8 Å². The Morgan fingerprint density at radius 3 is 2.71 bits per heavy atom. The van der Waals surface area contributed by atoms with Crippen molar-refractivity contribution in [2.24, 2.45) is 5.73 Å². The van der Waals surface area contributed by atoms with Crippen molar-refractivity contribution in [2.75, 3.05) is 20.7 Å². The first-order valence-corrected chi connectivity index (χ1v) is 5.27. The number of benzene rings is 1. The molecule has 3 N–H and O–H groups in total. The van der Waals surface area contributed by atoms with E-state index in [1.54, 1.807) is 13.1 Å². The minimum atomic E-state index is -0.349. The maximum atomic E-state index is 11.9. The van der Waals surface area contributed by atoms with E-state index in [1.165, 1.54) is 24.1 Å². The molecule has 0 aliphatic rings. The van der Waals surface area contributed by atoms with Gasteiger partial charge in [-0.25, -0.2) is 0 Å². The molecule has 5 nitrogen and oxygen atoms in total. The molecular formula is C11H14N2O3S. The molecule has 1 aromatic carbocycles. The molecule has 1 amide bonds. The number of thiocarbonyl (C=S) groups is 1. The second-order valence-electron chi connectivity index (χ2n) is 3.51. The van der Waals surface area contributed by atoms with Gasteiger partial charge in [-0.15, -0.1) is 0 Å². The van der Waals surface area contributed by atoms with E-state index in [9.17, 15) is 9.90 Å². The monoisotopic (exact) mass is 254 g/mol. The Morgan fingerprint density at radius 1 is 1.59 bits per heavy atom. The lowest BCUT2D eigenvalue weighted by Gasteiger charge is -2.17. The number of rotatable bonds is 4. The lowest BCUT2D eigenvalue weighted by Crippen LogP contribution is -2.34. The lowest BCUT2D eigenvalue weighted by atomic mass is 10.1. The van der Waals surface area contributed by atoms with Crippen LogP contribution in [0.3, 0.4) is 0 Å². The Hall–Kier alpha value is -1.82. The van der Waals surface area contributed by atoms with Gasteiger partial charge in [-0.05, 0) is 12.1 Å². The summed E-state index contributed by atoms with van der Waals surface area (Å²) in [4.78, 5) is 13.5. The number of phenolic OH excluding ortho intramolecular Hbond substituents is 1. The molecule has 0 fully saturated rings. The van der Waals surface area contributed by atoms with Crippen LogP contribution in [0.1, 0.15) is 10.4 Å². The number of aromatic hydroxyl groups is 1. The molecule has 0 aromatic heterocycles. The fraction of sp³-hybridized carbons (Fsp3) is 0.273. The topological polar surface area (TPSA) is 75.8 Å². The van der Waals surface area contributed by atoms with Gasteiger partial charge in [0.25, 0.3) is 5.91 Å². The number of hydrogen-bond acceptors (Lipinski definition) is 4. The first-order valence-electron chi connectivity index (χ1n) is 4.86. The highest BCUT2D eigenvalue weighted by Crippen LogP contribution is 2.24. The van der Waals surface area contributed by atoms with Crippen molar-refractivity contribution < 1.29 is 14.6 Å². The Morgan fingerprint density at radius 2 is 2.24 bits per heavy atom. The molecule has 92 valence electrons. The smallest absolute Gasteiger partial charge is 0.257 e. The van der Waals surface area contributed by atoms with Crippen molar-refractivity contribution in [1.29, 1.82) is 0 Å². The summed E-state index contributed by atoms with van der Waals surface area (Å²) in [6.45, 7) is 0.166. The highest BCUT2D eigenvalue weighted by Gasteiger charge is 2.16. The molecule has 0 bridgehead atoms. The summed E-state index contributed by atoms with van der Waals surface area (Å²) in [5, 5.41) is 9.68. The number of nitrogens with two attached hydrogens (primary N) is 1. The van der Waals surface area contributed by atoms with Crippen LogP contribution in [-0.2, 0) is 0 Å². The minimum absolute atomic E-state index is 0.135. The Kier molecular flexibility index (Phi) is 4.28. The highest BCUT2D eigenvalue weighted by molar-refractivity contribution is 7.80. The largest absolute Gasteiger partial charge is 0.507 e. The van der Waals surface area contributed by atoms with E-state index >= 15 is 0 Å². The zero-order valence-corrected chi connectivity index (χ0v) is 10.5. The van der Waals surface area contributed by atoms with Crippen molar-refractivity contribution >= 4 is 23.1 Å². The summed E-state index contributed by atoms with van der Waals surface area (Å²) in [6, 6.07) is 4.47. The fourth-order valence-electron chi connectivity index (χ4n) is 1.33. The normalized spacial score (nSPS) is 9.76. The fourth-order valence-corrected chi connectivity index (χ4v) is 1.52. The Bertz CT molecular complexity index is 448. The van der Waals surface area contributed by atoms with Crippen molar-refractivity contribution in [1.82, 2.24) is 4.90 Å². The maximum Gasteiger partial charge on any atom is 0.257 e. The number of methoxy groups -OCH3 is 1. The van der Waals surface area contributed by atoms with Crippen LogP contribution in [0.15, 0.2) is 18.2 Å². The molecule has 17 heavy (non-hydrogen) atoms. The number of carbonyl (C=O) groups is 1. The van der Waals surface area contributed by atoms with Crippen LogP contribution >= 0.6 is 12.2 Å². The predicted molar refractivity (Wildman–Crippen MR) is 68.4 cm³/mol. The van der Waals surface area contributed by atoms with Gasteiger partial charge in [0.15, 0.2) is 0 Å². The molecule has 0 atom stereocenters. The average molecular weight is 254 g/mol. The first kappa shape index (κ1) is 13.2. The van der Waals surface area contributed by atoms with Crippen LogP contribution in [0.4, 0.5) is 0 Å². The van der Waals surface area contributed by atoms with Crippen molar-refractivity contribution in [2.45, 2.75) is 0 Å². The number of nitrogens with zero attached hydrogens (tertiary/aromatic N) is 1. The molecular weight excluding hydrogens is 240 g/mol. The van der Waals surface area contributed by atoms with Gasteiger partial charge in [0.2, 0.25) is 0 Å². The molecule has 0 radical (unpaired) electrons. The number of hydrogen-bond donors (Lipinski definition) is 2. The second-order valence-corrected chi connectivity index (χ2v) is 4.03. The Balaban J connectivity index is 2.92. The third-order valence-corrected chi connectivity index (χ3v) is 2.30. The lowest BCUT2D eigenvalue weighted by molar-refractivity contribution is 0.0812. The second kappa shape index (κ2) is 5.49. The SMILES string of the molecule is COc1ccc(C(=O)N(C)CC(N)=S)c(O)c1. The summed E-state index contributed by atoms with van der Waals surface area (Å²) < 4.78 is 4.93. The molecule has 0 unspecified atom stereocenters. The van der Waals surface area contributed by atoms with Crippen molar-refractivity contribution in [3.05, 3.63) is 23.8 Å². The number of carbonyl (C=O) groups excluding carboxylic acids is 1. The maximum absolute atomic E-state index is 11.9. The summed E-state index contributed by atoms with van der Waals surface area (Å²) in [6.07, 6.45) is 0. The molecule has 1 aromatic rings. The summed E-state index contributed by atoms with van der Waals surface area (Å²) in [5.41, 5.74) is 5.53. The number of phenols is 1. The van der Waals surface area contributed by atoms with E-state index in [2.05, 4.69) is 0 Å². The molecule has 0 saturated carbocycles. The van der Waals surface area contributed by atoms with Gasteiger partial charge in [-0.1, -0.05) is 12.2 Å². The third-order valence-electron chi connectivity index (χ3n) is 2.18.